The summed E-state index contributed by atoms with van der Waals surface area (Å²) >= 11 is 0. The van der Waals surface area contributed by atoms with Crippen LogP contribution in [0.15, 0.2) is 12.3 Å². The number of nitrogens with zero attached hydrogens (tertiary/aromatic N) is 3. The third kappa shape index (κ3) is 3.32. The SMILES string of the molecule is CC1CC(N)CN(c2nccc(OC(C)C)n2)C1. The van der Waals surface area contributed by atoms with Crippen LogP contribution in [-0.2, 0) is 0 Å². The summed E-state index contributed by atoms with van der Waals surface area (Å²) in [5.41, 5.74) is 6.04. The second-order valence-electron chi connectivity index (χ2n) is 5.37. The molecule has 2 N–H and O–H groups in total. The standard InChI is InChI=1S/C13H22N4O/c1-9(2)18-12-4-5-15-13(16-12)17-7-10(3)6-11(14)8-17/h4-5,9-11H,6-8,14H2,1-3H3. The van der Waals surface area contributed by atoms with Crippen molar-refractivity contribution in [3.8, 4) is 5.88 Å². The lowest BCUT2D eigenvalue weighted by Crippen LogP contribution is -2.47. The van der Waals surface area contributed by atoms with E-state index in [1.54, 1.807) is 12.3 Å². The Hall–Kier alpha value is -1.36. The van der Waals surface area contributed by atoms with Crippen molar-refractivity contribution >= 4 is 5.95 Å². The van der Waals surface area contributed by atoms with Gasteiger partial charge in [0.25, 0.3) is 0 Å². The Bertz CT molecular complexity index is 386. The number of nitrogens with two attached hydrogens (primary N) is 1. The van der Waals surface area contributed by atoms with E-state index in [9.17, 15) is 0 Å². The van der Waals surface area contributed by atoms with Gasteiger partial charge in [0, 0.05) is 31.4 Å². The molecule has 0 saturated carbocycles. The van der Waals surface area contributed by atoms with Crippen LogP contribution in [-0.4, -0.2) is 35.2 Å². The van der Waals surface area contributed by atoms with Crippen molar-refractivity contribution in [1.29, 1.82) is 0 Å². The van der Waals surface area contributed by atoms with Crippen molar-refractivity contribution in [1.82, 2.24) is 9.97 Å². The topological polar surface area (TPSA) is 64.3 Å². The maximum absolute atomic E-state index is 6.04. The van der Waals surface area contributed by atoms with Gasteiger partial charge in [-0.15, -0.1) is 0 Å². The number of hydrogen-bond donors (Lipinski definition) is 1. The number of hydrogen-bond acceptors (Lipinski definition) is 5. The molecule has 5 heteroatoms. The third-order valence-electron chi connectivity index (χ3n) is 2.95. The number of aromatic nitrogens is 2. The molecule has 100 valence electrons. The van der Waals surface area contributed by atoms with Gasteiger partial charge in [-0.3, -0.25) is 0 Å². The van der Waals surface area contributed by atoms with Gasteiger partial charge in [0.2, 0.25) is 11.8 Å². The zero-order valence-corrected chi connectivity index (χ0v) is 11.3. The summed E-state index contributed by atoms with van der Waals surface area (Å²) in [5.74, 6) is 1.92. The van der Waals surface area contributed by atoms with Gasteiger partial charge in [-0.25, -0.2) is 4.98 Å². The molecule has 0 aromatic carbocycles. The minimum Gasteiger partial charge on any atom is -0.475 e. The van der Waals surface area contributed by atoms with Crippen LogP contribution in [0.4, 0.5) is 5.95 Å². The van der Waals surface area contributed by atoms with E-state index in [-0.39, 0.29) is 12.1 Å². The summed E-state index contributed by atoms with van der Waals surface area (Å²) in [5, 5.41) is 0. The van der Waals surface area contributed by atoms with E-state index >= 15 is 0 Å². The van der Waals surface area contributed by atoms with Crippen LogP contribution in [0.3, 0.4) is 0 Å². The predicted molar refractivity (Wildman–Crippen MR) is 71.8 cm³/mol. The van der Waals surface area contributed by atoms with Crippen molar-refractivity contribution in [3.05, 3.63) is 12.3 Å². The molecule has 2 rings (SSSR count). The molecule has 1 aromatic heterocycles. The molecular formula is C13H22N4O. The molecule has 2 heterocycles. The van der Waals surface area contributed by atoms with E-state index < -0.39 is 0 Å². The molecule has 1 aliphatic rings. The van der Waals surface area contributed by atoms with Gasteiger partial charge >= 0.3 is 0 Å². The Morgan fingerprint density at radius 1 is 1.44 bits per heavy atom. The maximum atomic E-state index is 6.04. The lowest BCUT2D eigenvalue weighted by Gasteiger charge is -2.34. The predicted octanol–water partition coefficient (Wildman–Crippen LogP) is 1.44. The highest BCUT2D eigenvalue weighted by atomic mass is 16.5. The molecule has 0 bridgehead atoms. The Balaban J connectivity index is 2.12. The van der Waals surface area contributed by atoms with E-state index in [1.807, 2.05) is 13.8 Å². The van der Waals surface area contributed by atoms with Crippen LogP contribution in [0.2, 0.25) is 0 Å². The van der Waals surface area contributed by atoms with Crippen LogP contribution >= 0.6 is 0 Å². The van der Waals surface area contributed by atoms with Crippen LogP contribution in [0.1, 0.15) is 27.2 Å². The second-order valence-corrected chi connectivity index (χ2v) is 5.37. The summed E-state index contributed by atoms with van der Waals surface area (Å²) in [6.45, 7) is 7.95. The van der Waals surface area contributed by atoms with Crippen LogP contribution in [0.5, 0.6) is 5.88 Å². The Kier molecular flexibility index (Phi) is 4.01. The highest BCUT2D eigenvalue weighted by Gasteiger charge is 2.24. The molecule has 2 unspecified atom stereocenters. The first-order valence-electron chi connectivity index (χ1n) is 6.55. The molecule has 0 aliphatic carbocycles. The van der Waals surface area contributed by atoms with Crippen molar-refractivity contribution in [2.75, 3.05) is 18.0 Å². The van der Waals surface area contributed by atoms with E-state index in [1.165, 1.54) is 0 Å². The van der Waals surface area contributed by atoms with Crippen LogP contribution in [0.25, 0.3) is 0 Å². The van der Waals surface area contributed by atoms with Crippen molar-refractivity contribution in [2.24, 2.45) is 11.7 Å². The molecule has 1 saturated heterocycles. The summed E-state index contributed by atoms with van der Waals surface area (Å²) in [6, 6.07) is 1.99. The summed E-state index contributed by atoms with van der Waals surface area (Å²) in [7, 11) is 0. The molecule has 5 nitrogen and oxygen atoms in total. The first-order chi connectivity index (χ1) is 8.54. The van der Waals surface area contributed by atoms with Gasteiger partial charge in [-0.1, -0.05) is 6.92 Å². The van der Waals surface area contributed by atoms with E-state index in [2.05, 4.69) is 21.8 Å². The normalized spacial score (nSPS) is 24.4. The number of rotatable bonds is 3. The molecule has 18 heavy (non-hydrogen) atoms. The fraction of sp³-hybridized carbons (Fsp3) is 0.692. The number of ether oxygens (including phenoxy) is 1. The maximum Gasteiger partial charge on any atom is 0.228 e. The van der Waals surface area contributed by atoms with Gasteiger partial charge < -0.3 is 15.4 Å². The van der Waals surface area contributed by atoms with Crippen LogP contribution < -0.4 is 15.4 Å². The highest BCUT2D eigenvalue weighted by molar-refractivity contribution is 5.33. The molecule has 1 fully saturated rings. The minimum absolute atomic E-state index is 0.121. The summed E-state index contributed by atoms with van der Waals surface area (Å²) in [6.07, 6.45) is 2.93. The van der Waals surface area contributed by atoms with Gasteiger partial charge in [0.05, 0.1) is 6.10 Å². The molecule has 0 amide bonds. The Morgan fingerprint density at radius 2 is 2.22 bits per heavy atom. The van der Waals surface area contributed by atoms with Crippen molar-refractivity contribution < 1.29 is 4.74 Å². The fourth-order valence-electron chi connectivity index (χ4n) is 2.35. The number of piperidine rings is 1. The Labute approximate surface area is 108 Å². The van der Waals surface area contributed by atoms with Crippen LogP contribution in [0, 0.1) is 5.92 Å². The lowest BCUT2D eigenvalue weighted by atomic mass is 9.97. The quantitative estimate of drug-likeness (QED) is 0.879. The fourth-order valence-corrected chi connectivity index (χ4v) is 2.35. The monoisotopic (exact) mass is 250 g/mol. The van der Waals surface area contributed by atoms with E-state index in [4.69, 9.17) is 10.5 Å². The lowest BCUT2D eigenvalue weighted by molar-refractivity contribution is 0.232. The second kappa shape index (κ2) is 5.52. The Morgan fingerprint density at radius 3 is 2.89 bits per heavy atom. The summed E-state index contributed by atoms with van der Waals surface area (Å²) in [4.78, 5) is 10.9. The number of anilines is 1. The van der Waals surface area contributed by atoms with E-state index in [0.29, 0.717) is 11.8 Å². The van der Waals surface area contributed by atoms with E-state index in [0.717, 1.165) is 25.5 Å². The first-order valence-corrected chi connectivity index (χ1v) is 6.55. The average molecular weight is 250 g/mol. The molecule has 2 atom stereocenters. The highest BCUT2D eigenvalue weighted by Crippen LogP contribution is 2.21. The average Bonchev–Trinajstić information content (AvgIpc) is 2.27. The smallest absolute Gasteiger partial charge is 0.228 e. The van der Waals surface area contributed by atoms with Gasteiger partial charge in [0.1, 0.15) is 0 Å². The van der Waals surface area contributed by atoms with Gasteiger partial charge in [-0.05, 0) is 26.2 Å². The first kappa shape index (κ1) is 13.1. The molecular weight excluding hydrogens is 228 g/mol. The third-order valence-corrected chi connectivity index (χ3v) is 2.95. The largest absolute Gasteiger partial charge is 0.475 e. The molecule has 0 radical (unpaired) electrons. The zero-order chi connectivity index (χ0) is 13.1. The molecule has 1 aromatic rings. The van der Waals surface area contributed by atoms with Crippen molar-refractivity contribution in [3.63, 3.8) is 0 Å². The van der Waals surface area contributed by atoms with Gasteiger partial charge in [-0.2, -0.15) is 4.98 Å². The van der Waals surface area contributed by atoms with Crippen molar-refractivity contribution in [2.45, 2.75) is 39.3 Å². The zero-order valence-electron chi connectivity index (χ0n) is 11.3. The molecule has 0 spiro atoms. The van der Waals surface area contributed by atoms with Gasteiger partial charge in [0.15, 0.2) is 0 Å². The molecule has 1 aliphatic heterocycles. The summed E-state index contributed by atoms with van der Waals surface area (Å²) < 4.78 is 5.59. The minimum atomic E-state index is 0.121.